The number of ether oxygens (including phenoxy) is 5. The van der Waals surface area contributed by atoms with E-state index in [0.29, 0.717) is 28.0 Å². The van der Waals surface area contributed by atoms with Crippen molar-refractivity contribution in [3.05, 3.63) is 79.4 Å². The maximum absolute atomic E-state index is 14.9. The number of carbonyl (C=O) groups excluding carboxylic acids is 3. The lowest BCUT2D eigenvalue weighted by atomic mass is 9.65. The molecule has 2 N–H and O–H groups in total. The van der Waals surface area contributed by atoms with Crippen LogP contribution in [-0.2, 0) is 14.3 Å². The van der Waals surface area contributed by atoms with Gasteiger partial charge < -0.3 is 34.0 Å². The summed E-state index contributed by atoms with van der Waals surface area (Å²) in [6.45, 7) is 3.40. The van der Waals surface area contributed by atoms with Gasteiger partial charge in [0.25, 0.3) is 5.56 Å². The topological polar surface area (TPSA) is 142 Å². The highest BCUT2D eigenvalue weighted by Gasteiger charge is 2.64. The number of rotatable bonds is 5. The molecule has 0 unspecified atom stereocenters. The Morgan fingerprint density at radius 1 is 1.00 bits per heavy atom. The van der Waals surface area contributed by atoms with Crippen molar-refractivity contribution in [1.29, 1.82) is 0 Å². The number of dihydropyridines is 1. The van der Waals surface area contributed by atoms with Crippen LogP contribution in [0.1, 0.15) is 42.1 Å². The summed E-state index contributed by atoms with van der Waals surface area (Å²) in [6, 6.07) is 8.24. The van der Waals surface area contributed by atoms with Gasteiger partial charge in [0.05, 0.1) is 45.4 Å². The fourth-order valence-electron chi connectivity index (χ4n) is 6.50. The maximum Gasteiger partial charge on any atom is 0.336 e. The highest BCUT2D eigenvalue weighted by atomic mass is 35.5. The van der Waals surface area contributed by atoms with Crippen LogP contribution in [0.5, 0.6) is 23.0 Å². The van der Waals surface area contributed by atoms with E-state index in [2.05, 4.69) is 10.3 Å². The van der Waals surface area contributed by atoms with Crippen molar-refractivity contribution in [2.45, 2.75) is 31.8 Å². The minimum absolute atomic E-state index is 0.0130. The van der Waals surface area contributed by atoms with Crippen LogP contribution in [0.15, 0.2) is 57.7 Å². The van der Waals surface area contributed by atoms with Crippen molar-refractivity contribution in [2.75, 3.05) is 28.4 Å². The maximum atomic E-state index is 14.9. The number of nitrogens with one attached hydrogen (secondary N) is 2. The number of fused-ring (bicyclic) bond motifs is 2. The number of esters is 1. The molecule has 12 heteroatoms. The number of ketones is 2. The lowest BCUT2D eigenvalue weighted by Gasteiger charge is -2.42. The Bertz CT molecular complexity index is 1920. The molecular formula is C32H29ClN2O9. The van der Waals surface area contributed by atoms with Gasteiger partial charge in [0, 0.05) is 40.6 Å². The Balaban J connectivity index is 1.58. The summed E-state index contributed by atoms with van der Waals surface area (Å²) in [5, 5.41) is 3.83. The Morgan fingerprint density at radius 2 is 1.73 bits per heavy atom. The molecular weight excluding hydrogens is 592 g/mol. The van der Waals surface area contributed by atoms with Gasteiger partial charge in [-0.1, -0.05) is 18.5 Å². The van der Waals surface area contributed by atoms with E-state index in [-0.39, 0.29) is 51.0 Å². The first-order valence-electron chi connectivity index (χ1n) is 13.7. The Hall–Kier alpha value is -4.77. The van der Waals surface area contributed by atoms with Crippen molar-refractivity contribution in [1.82, 2.24) is 10.3 Å². The van der Waals surface area contributed by atoms with E-state index < -0.39 is 40.5 Å². The van der Waals surface area contributed by atoms with Crippen molar-refractivity contribution >= 4 is 40.0 Å². The summed E-state index contributed by atoms with van der Waals surface area (Å²) >= 11 is 6.59. The molecule has 0 bridgehead atoms. The van der Waals surface area contributed by atoms with Gasteiger partial charge in [0.15, 0.2) is 5.75 Å². The number of Topliss-reactive ketones (excluding diaryl/α,β-unsaturated/α-hetero) is 2. The average molecular weight is 621 g/mol. The Labute approximate surface area is 256 Å². The number of H-pyrrole nitrogens is 1. The summed E-state index contributed by atoms with van der Waals surface area (Å²) < 4.78 is 27.6. The molecule has 0 saturated carbocycles. The van der Waals surface area contributed by atoms with Crippen LogP contribution in [0.3, 0.4) is 0 Å². The zero-order valence-corrected chi connectivity index (χ0v) is 25.6. The number of halogens is 1. The molecule has 228 valence electrons. The van der Waals surface area contributed by atoms with Crippen LogP contribution in [0.2, 0.25) is 5.02 Å². The van der Waals surface area contributed by atoms with E-state index in [4.69, 9.17) is 35.3 Å². The number of carbonyl (C=O) groups is 3. The first kappa shape index (κ1) is 29.3. The van der Waals surface area contributed by atoms with E-state index in [1.165, 1.54) is 34.5 Å². The van der Waals surface area contributed by atoms with Gasteiger partial charge in [0.1, 0.15) is 27.8 Å². The lowest BCUT2D eigenvalue weighted by molar-refractivity contribution is -0.136. The molecule has 1 aromatic heterocycles. The molecule has 3 heterocycles. The molecule has 2 aliphatic heterocycles. The normalized spacial score (nSPS) is 22.4. The molecule has 0 fully saturated rings. The Kier molecular flexibility index (Phi) is 6.96. The van der Waals surface area contributed by atoms with E-state index >= 15 is 0 Å². The fourth-order valence-corrected chi connectivity index (χ4v) is 6.77. The van der Waals surface area contributed by atoms with E-state index in [9.17, 15) is 19.2 Å². The summed E-state index contributed by atoms with van der Waals surface area (Å²) in [6.07, 6.45) is 0.183. The minimum Gasteiger partial charge on any atom is -0.497 e. The van der Waals surface area contributed by atoms with Crippen molar-refractivity contribution in [2.24, 2.45) is 5.92 Å². The van der Waals surface area contributed by atoms with Gasteiger partial charge in [-0.2, -0.15) is 0 Å². The summed E-state index contributed by atoms with van der Waals surface area (Å²) in [4.78, 5) is 59.1. The van der Waals surface area contributed by atoms with Crippen LogP contribution in [0.25, 0.3) is 10.9 Å². The zero-order chi connectivity index (χ0) is 31.7. The fraction of sp³-hybridized carbons (Fsp3) is 0.312. The van der Waals surface area contributed by atoms with Crippen LogP contribution < -0.4 is 29.8 Å². The van der Waals surface area contributed by atoms with E-state index in [1.807, 2.05) is 0 Å². The second kappa shape index (κ2) is 10.4. The third-order valence-corrected chi connectivity index (χ3v) is 9.01. The molecule has 1 aliphatic carbocycles. The number of methoxy groups -OCH3 is 4. The van der Waals surface area contributed by atoms with Crippen molar-refractivity contribution in [3.8, 4) is 23.0 Å². The number of hydrogen-bond acceptors (Lipinski definition) is 10. The predicted molar refractivity (Wildman–Crippen MR) is 160 cm³/mol. The molecule has 0 amide bonds. The molecule has 3 atom stereocenters. The van der Waals surface area contributed by atoms with Gasteiger partial charge in [-0.05, 0) is 36.9 Å². The average Bonchev–Trinajstić information content (AvgIpc) is 3.33. The quantitative estimate of drug-likeness (QED) is 0.314. The third-order valence-electron chi connectivity index (χ3n) is 8.65. The second-order valence-electron chi connectivity index (χ2n) is 10.9. The predicted octanol–water partition coefficient (Wildman–Crippen LogP) is 4.22. The molecule has 3 aromatic rings. The number of hydrogen-bond donors (Lipinski definition) is 2. The van der Waals surface area contributed by atoms with E-state index in [0.717, 1.165) is 0 Å². The largest absolute Gasteiger partial charge is 0.497 e. The number of allylic oxidation sites excluding steroid dienone is 2. The molecule has 0 radical (unpaired) electrons. The van der Waals surface area contributed by atoms with Crippen LogP contribution in [-0.4, -0.2) is 56.6 Å². The van der Waals surface area contributed by atoms with Crippen LogP contribution in [0.4, 0.5) is 0 Å². The number of benzene rings is 2. The number of pyridine rings is 1. The van der Waals surface area contributed by atoms with Gasteiger partial charge in [-0.25, -0.2) is 4.79 Å². The Morgan fingerprint density at radius 3 is 2.39 bits per heavy atom. The molecule has 1 spiro atoms. The molecule has 44 heavy (non-hydrogen) atoms. The summed E-state index contributed by atoms with van der Waals surface area (Å²) in [5.41, 5.74) is -0.942. The highest BCUT2D eigenvalue weighted by Crippen LogP contribution is 2.56. The van der Waals surface area contributed by atoms with Gasteiger partial charge >= 0.3 is 5.97 Å². The molecule has 6 rings (SSSR count). The number of aromatic amines is 1. The summed E-state index contributed by atoms with van der Waals surface area (Å²) in [7, 11) is 5.52. The molecule has 2 aromatic carbocycles. The van der Waals surface area contributed by atoms with Crippen molar-refractivity contribution < 1.29 is 38.1 Å². The lowest BCUT2D eigenvalue weighted by Crippen LogP contribution is -2.58. The molecule has 0 saturated heterocycles. The highest BCUT2D eigenvalue weighted by molar-refractivity contribution is 6.36. The summed E-state index contributed by atoms with van der Waals surface area (Å²) in [5.74, 6) is -3.10. The van der Waals surface area contributed by atoms with Gasteiger partial charge in [-0.15, -0.1) is 0 Å². The second-order valence-corrected chi connectivity index (χ2v) is 11.3. The third kappa shape index (κ3) is 3.95. The SMILES string of the molecule is COC(=O)C1=C(C)NC2=C(C(=O)[C@@]3(Oc4c(Cl)c(OC)cc(OC)c4C3=O)[C@H](C)C2)[C@@H]1c1cc2ccc(OC)cc2[nH]c1=O. The molecule has 3 aliphatic rings. The first-order valence-corrected chi connectivity index (χ1v) is 14.1. The van der Waals surface area contributed by atoms with Gasteiger partial charge in [-0.3, -0.25) is 14.4 Å². The van der Waals surface area contributed by atoms with Crippen LogP contribution in [0, 0.1) is 5.92 Å². The minimum atomic E-state index is -2.05. The first-order chi connectivity index (χ1) is 21.0. The standard InChI is InChI=1S/C32H29ClN2O9/c1-13-9-19-24(28(36)32(13)29(37)25-20(41-4)12-21(42-5)26(33)27(25)44-32)23(22(14(2)34-19)31(39)43-6)17-10-15-7-8-16(40-3)11-18(15)35-30(17)38/h7-8,10-13,23,34H,9H2,1-6H3,(H,35,38)/t13-,23-,32+/m1/s1. The monoisotopic (exact) mass is 620 g/mol. The van der Waals surface area contributed by atoms with Crippen LogP contribution >= 0.6 is 11.6 Å². The number of aromatic nitrogens is 1. The smallest absolute Gasteiger partial charge is 0.336 e. The van der Waals surface area contributed by atoms with E-state index in [1.54, 1.807) is 38.1 Å². The zero-order valence-electron chi connectivity index (χ0n) is 24.8. The van der Waals surface area contributed by atoms with Gasteiger partial charge in [0.2, 0.25) is 17.2 Å². The van der Waals surface area contributed by atoms with Crippen molar-refractivity contribution in [3.63, 3.8) is 0 Å². The molecule has 11 nitrogen and oxygen atoms in total.